The van der Waals surface area contributed by atoms with Crippen LogP contribution in [0.1, 0.15) is 27.2 Å². The van der Waals surface area contributed by atoms with Gasteiger partial charge in [0.25, 0.3) is 0 Å². The number of rotatable bonds is 5. The molecule has 4 aliphatic heterocycles. The average molecular weight is 480 g/mol. The maximum absolute atomic E-state index is 14.2. The van der Waals surface area contributed by atoms with Crippen LogP contribution in [0, 0.1) is 11.8 Å². The van der Waals surface area contributed by atoms with Crippen molar-refractivity contribution in [2.45, 2.75) is 50.5 Å². The van der Waals surface area contributed by atoms with E-state index in [0.29, 0.717) is 19.5 Å². The van der Waals surface area contributed by atoms with Crippen molar-refractivity contribution in [2.75, 3.05) is 31.1 Å². The summed E-state index contributed by atoms with van der Waals surface area (Å²) in [6.45, 7) is 6.32. The summed E-state index contributed by atoms with van der Waals surface area (Å²) in [5, 5.41) is 9.78. The SMILES string of the molecule is CC[C@@]12C=CCN(c3ccccc3)C(=O)[C@@H]1[C@H]1C(=O)N(CCO)C3C(=O)N(C(C)C)CC=C[C@@]31O2. The number of hydrogen-bond donors (Lipinski definition) is 1. The van der Waals surface area contributed by atoms with Crippen LogP contribution in [0.4, 0.5) is 5.69 Å². The third-order valence-electron chi connectivity index (χ3n) is 8.00. The molecule has 0 aliphatic carbocycles. The first-order chi connectivity index (χ1) is 16.8. The lowest BCUT2D eigenvalue weighted by atomic mass is 9.73. The first-order valence-corrected chi connectivity index (χ1v) is 12.4. The number of ether oxygens (including phenoxy) is 1. The Labute approximate surface area is 205 Å². The normalized spacial score (nSPS) is 34.3. The van der Waals surface area contributed by atoms with Gasteiger partial charge in [0.1, 0.15) is 11.6 Å². The van der Waals surface area contributed by atoms with Gasteiger partial charge in [0.05, 0.1) is 24.0 Å². The first-order valence-electron chi connectivity index (χ1n) is 12.4. The number of nitrogens with zero attached hydrogens (tertiary/aromatic N) is 3. The van der Waals surface area contributed by atoms with E-state index in [4.69, 9.17) is 4.74 Å². The third kappa shape index (κ3) is 3.30. The number of hydrogen-bond acceptors (Lipinski definition) is 5. The molecule has 4 aliphatic rings. The van der Waals surface area contributed by atoms with Crippen LogP contribution in [0.15, 0.2) is 54.6 Å². The Morgan fingerprint density at radius 1 is 1.00 bits per heavy atom. The monoisotopic (exact) mass is 479 g/mol. The van der Waals surface area contributed by atoms with Crippen molar-refractivity contribution in [1.82, 2.24) is 9.80 Å². The molecule has 5 atom stereocenters. The molecule has 8 nitrogen and oxygen atoms in total. The number of para-hydroxylation sites is 1. The van der Waals surface area contributed by atoms with Crippen LogP contribution < -0.4 is 4.90 Å². The van der Waals surface area contributed by atoms with Gasteiger partial charge in [-0.1, -0.05) is 49.4 Å². The molecule has 1 unspecified atom stereocenters. The highest BCUT2D eigenvalue weighted by Gasteiger charge is 2.75. The van der Waals surface area contributed by atoms with Crippen molar-refractivity contribution < 1.29 is 24.2 Å². The fourth-order valence-corrected chi connectivity index (χ4v) is 6.43. The maximum Gasteiger partial charge on any atom is 0.249 e. The maximum atomic E-state index is 14.2. The molecule has 2 fully saturated rings. The lowest BCUT2D eigenvalue weighted by molar-refractivity contribution is -0.153. The van der Waals surface area contributed by atoms with E-state index in [-0.39, 0.29) is 36.9 Å². The number of β-amino-alcohol motifs (C(OH)–C–C–N with tert-alkyl or cyclic N) is 1. The van der Waals surface area contributed by atoms with E-state index in [1.54, 1.807) is 9.80 Å². The van der Waals surface area contributed by atoms with E-state index >= 15 is 0 Å². The molecule has 0 aromatic heterocycles. The number of anilines is 1. The number of aliphatic hydroxyl groups excluding tert-OH is 1. The molecule has 0 saturated carbocycles. The zero-order chi connectivity index (χ0) is 25.0. The van der Waals surface area contributed by atoms with Crippen LogP contribution in [0.2, 0.25) is 0 Å². The molecule has 4 heterocycles. The lowest BCUT2D eigenvalue weighted by Crippen LogP contribution is -2.57. The highest BCUT2D eigenvalue weighted by molar-refractivity contribution is 6.04. The standard InChI is InChI=1S/C27H33N3O5/c1-4-26-12-8-15-29(19-10-6-5-7-11-19)23(32)20(26)21-24(33)30(16-17-31)22-25(34)28(18(2)3)14-9-13-27(21,22)35-26/h5-13,18,20-22,31H,4,14-17H2,1-3H3/t20-,21-,22?,26+,27-/m0/s1. The average Bonchev–Trinajstić information content (AvgIpc) is 3.12. The van der Waals surface area contributed by atoms with E-state index in [2.05, 4.69) is 0 Å². The van der Waals surface area contributed by atoms with Crippen molar-refractivity contribution in [3.05, 3.63) is 54.6 Å². The zero-order valence-electron chi connectivity index (χ0n) is 20.5. The van der Waals surface area contributed by atoms with Gasteiger partial charge in [-0.2, -0.15) is 0 Å². The van der Waals surface area contributed by atoms with Crippen LogP contribution in [-0.2, 0) is 19.1 Å². The van der Waals surface area contributed by atoms with Gasteiger partial charge in [-0.15, -0.1) is 0 Å². The molecule has 1 aromatic carbocycles. The number of amides is 3. The first kappa shape index (κ1) is 23.8. The summed E-state index contributed by atoms with van der Waals surface area (Å²) in [7, 11) is 0. The zero-order valence-corrected chi connectivity index (χ0v) is 20.5. The molecule has 5 rings (SSSR count). The number of carbonyl (C=O) groups excluding carboxylic acids is 3. The van der Waals surface area contributed by atoms with E-state index in [1.807, 2.05) is 75.4 Å². The minimum absolute atomic E-state index is 0.00883. The van der Waals surface area contributed by atoms with Crippen molar-refractivity contribution in [1.29, 1.82) is 0 Å². The van der Waals surface area contributed by atoms with Gasteiger partial charge in [0, 0.05) is 31.4 Å². The molecule has 2 saturated heterocycles. The quantitative estimate of drug-likeness (QED) is 0.650. The molecule has 186 valence electrons. The Kier molecular flexibility index (Phi) is 5.84. The summed E-state index contributed by atoms with van der Waals surface area (Å²) in [5.41, 5.74) is -1.54. The molecule has 3 amide bonds. The van der Waals surface area contributed by atoms with Crippen molar-refractivity contribution in [3.8, 4) is 0 Å². The van der Waals surface area contributed by atoms with Gasteiger partial charge in [-0.25, -0.2) is 0 Å². The number of benzene rings is 1. The smallest absolute Gasteiger partial charge is 0.249 e. The Bertz CT molecular complexity index is 1090. The van der Waals surface area contributed by atoms with Crippen molar-refractivity contribution in [3.63, 3.8) is 0 Å². The number of carbonyl (C=O) groups is 3. The van der Waals surface area contributed by atoms with Gasteiger partial charge >= 0.3 is 0 Å². The van der Waals surface area contributed by atoms with E-state index in [0.717, 1.165) is 5.69 Å². The lowest BCUT2D eigenvalue weighted by Gasteiger charge is -2.39. The minimum atomic E-state index is -1.28. The molecule has 0 bridgehead atoms. The third-order valence-corrected chi connectivity index (χ3v) is 8.00. The Morgan fingerprint density at radius 2 is 1.71 bits per heavy atom. The van der Waals surface area contributed by atoms with E-state index in [9.17, 15) is 19.5 Å². The molecule has 1 spiro atoms. The van der Waals surface area contributed by atoms with Crippen molar-refractivity contribution >= 4 is 23.4 Å². The van der Waals surface area contributed by atoms with Crippen LogP contribution >= 0.6 is 0 Å². The number of likely N-dealkylation sites (tertiary alicyclic amines) is 1. The second-order valence-corrected chi connectivity index (χ2v) is 10.1. The summed E-state index contributed by atoms with van der Waals surface area (Å²) < 4.78 is 6.87. The van der Waals surface area contributed by atoms with Crippen LogP contribution in [0.5, 0.6) is 0 Å². The van der Waals surface area contributed by atoms with Crippen LogP contribution in [0.25, 0.3) is 0 Å². The summed E-state index contributed by atoms with van der Waals surface area (Å²) in [6, 6.07) is 8.40. The fraction of sp³-hybridized carbons (Fsp3) is 0.519. The van der Waals surface area contributed by atoms with E-state index in [1.165, 1.54) is 4.90 Å². The molecular formula is C27H33N3O5. The van der Waals surface area contributed by atoms with Crippen molar-refractivity contribution in [2.24, 2.45) is 11.8 Å². The molecule has 1 aromatic rings. The highest BCUT2D eigenvalue weighted by atomic mass is 16.5. The number of aliphatic hydroxyl groups is 1. The minimum Gasteiger partial charge on any atom is -0.395 e. The fourth-order valence-electron chi connectivity index (χ4n) is 6.43. The second kappa shape index (κ2) is 8.60. The van der Waals surface area contributed by atoms with Crippen LogP contribution in [0.3, 0.4) is 0 Å². The molecule has 35 heavy (non-hydrogen) atoms. The largest absolute Gasteiger partial charge is 0.395 e. The molecule has 8 heteroatoms. The Hall–Kier alpha value is -2.97. The highest BCUT2D eigenvalue weighted by Crippen LogP contribution is 2.58. The summed E-state index contributed by atoms with van der Waals surface area (Å²) in [5.74, 6) is -2.38. The predicted octanol–water partition coefficient (Wildman–Crippen LogP) is 1.75. The van der Waals surface area contributed by atoms with Gasteiger partial charge in [-0.3, -0.25) is 14.4 Å². The Morgan fingerprint density at radius 3 is 2.37 bits per heavy atom. The van der Waals surface area contributed by atoms with Gasteiger partial charge in [0.15, 0.2) is 0 Å². The summed E-state index contributed by atoms with van der Waals surface area (Å²) in [4.78, 5) is 47.0. The Balaban J connectivity index is 1.67. The molecular weight excluding hydrogens is 446 g/mol. The molecule has 1 N–H and O–H groups in total. The van der Waals surface area contributed by atoms with Crippen LogP contribution in [-0.4, -0.2) is 82.2 Å². The topological polar surface area (TPSA) is 90.4 Å². The molecule has 0 radical (unpaired) electrons. The van der Waals surface area contributed by atoms with Gasteiger partial charge in [-0.05, 0) is 32.4 Å². The van der Waals surface area contributed by atoms with Gasteiger partial charge < -0.3 is 24.5 Å². The summed E-state index contributed by atoms with van der Waals surface area (Å²) in [6.07, 6.45) is 8.07. The predicted molar refractivity (Wildman–Crippen MR) is 130 cm³/mol. The second-order valence-electron chi connectivity index (χ2n) is 10.1. The summed E-state index contributed by atoms with van der Waals surface area (Å²) >= 11 is 0. The van der Waals surface area contributed by atoms with Gasteiger partial charge in [0.2, 0.25) is 17.7 Å². The number of fused-ring (bicyclic) bond motifs is 2. The van der Waals surface area contributed by atoms with E-state index < -0.39 is 29.1 Å².